The molecule has 7 aromatic rings. The van der Waals surface area contributed by atoms with Crippen molar-refractivity contribution >= 4 is 123 Å². The predicted octanol–water partition coefficient (Wildman–Crippen LogP) is 6.64. The first-order valence-electron chi connectivity index (χ1n) is 14.9. The number of ether oxygens (including phenoxy) is 6. The van der Waals surface area contributed by atoms with Gasteiger partial charge >= 0.3 is 0 Å². The van der Waals surface area contributed by atoms with Gasteiger partial charge in [-0.1, -0.05) is 72.8 Å². The van der Waals surface area contributed by atoms with E-state index in [-0.39, 0.29) is 58.2 Å². The minimum absolute atomic E-state index is 0. The van der Waals surface area contributed by atoms with Crippen LogP contribution in [0, 0.1) is 0 Å². The van der Waals surface area contributed by atoms with Crippen molar-refractivity contribution in [1.82, 2.24) is 0 Å². The molecular formula is C36H36O6Rb. The molecule has 1 radical (unpaired) electrons. The zero-order chi connectivity index (χ0) is 28.1. The molecule has 0 unspecified atom stereocenters. The van der Waals surface area contributed by atoms with E-state index in [0.29, 0.717) is 79.3 Å². The smallest absolute Gasteiger partial charge is 0.0701 e. The van der Waals surface area contributed by atoms with E-state index >= 15 is 0 Å². The van der Waals surface area contributed by atoms with Gasteiger partial charge < -0.3 is 28.4 Å². The Hall–Kier alpha value is -1.55. The van der Waals surface area contributed by atoms with Gasteiger partial charge in [0.25, 0.3) is 0 Å². The van der Waals surface area contributed by atoms with E-state index in [9.17, 15) is 0 Å². The Morgan fingerprint density at radius 1 is 0.233 bits per heavy atom. The van der Waals surface area contributed by atoms with E-state index in [1.54, 1.807) is 0 Å². The van der Waals surface area contributed by atoms with Crippen molar-refractivity contribution in [3.8, 4) is 0 Å². The molecule has 1 fully saturated rings. The van der Waals surface area contributed by atoms with Crippen LogP contribution in [0.1, 0.15) is 0 Å². The van der Waals surface area contributed by atoms with Crippen LogP contribution < -0.4 is 0 Å². The summed E-state index contributed by atoms with van der Waals surface area (Å²) in [6, 6.07) is 27.3. The Morgan fingerprint density at radius 3 is 0.465 bits per heavy atom. The fraction of sp³-hybridized carbons (Fsp3) is 0.333. The first kappa shape index (κ1) is 31.4. The summed E-state index contributed by atoms with van der Waals surface area (Å²) in [5.74, 6) is 0. The van der Waals surface area contributed by atoms with Crippen LogP contribution in [0.3, 0.4) is 0 Å². The zero-order valence-corrected chi connectivity index (χ0v) is 29.8. The van der Waals surface area contributed by atoms with Crippen molar-refractivity contribution in [3.05, 3.63) is 72.8 Å². The van der Waals surface area contributed by atoms with Crippen molar-refractivity contribution in [2.24, 2.45) is 0 Å². The zero-order valence-electron chi connectivity index (χ0n) is 24.9. The van der Waals surface area contributed by atoms with Crippen LogP contribution in [0.25, 0.3) is 64.6 Å². The maximum Gasteiger partial charge on any atom is 0.0701 e. The van der Waals surface area contributed by atoms with Crippen molar-refractivity contribution in [3.63, 3.8) is 0 Å². The van der Waals surface area contributed by atoms with Gasteiger partial charge in [0.15, 0.2) is 0 Å². The molecule has 0 spiro atoms. The van der Waals surface area contributed by atoms with E-state index in [1.165, 1.54) is 64.6 Å². The second kappa shape index (κ2) is 15.2. The Bertz CT molecular complexity index is 1400. The second-order valence-electron chi connectivity index (χ2n) is 10.7. The van der Waals surface area contributed by atoms with E-state index in [0.717, 1.165) is 0 Å². The van der Waals surface area contributed by atoms with Crippen LogP contribution in [0.4, 0.5) is 0 Å². The van der Waals surface area contributed by atoms with Gasteiger partial charge in [0, 0.05) is 58.2 Å². The molecule has 7 aromatic carbocycles. The molecular weight excluding hydrogens is 614 g/mol. The summed E-state index contributed by atoms with van der Waals surface area (Å²) in [5.41, 5.74) is 0. The molecule has 1 aliphatic heterocycles. The molecule has 217 valence electrons. The number of rotatable bonds is 0. The van der Waals surface area contributed by atoms with E-state index in [4.69, 9.17) is 28.4 Å². The Morgan fingerprint density at radius 2 is 0.349 bits per heavy atom. The van der Waals surface area contributed by atoms with Crippen LogP contribution in [0.15, 0.2) is 72.8 Å². The largest absolute Gasteiger partial charge is 0.377 e. The number of hydrogen-bond donors (Lipinski definition) is 0. The minimum Gasteiger partial charge on any atom is -0.377 e. The summed E-state index contributed by atoms with van der Waals surface area (Å²) in [6.45, 7) is 7.04. The average molecular weight is 650 g/mol. The maximum atomic E-state index is 5.33. The Kier molecular flexibility index (Phi) is 11.1. The number of hydrogen-bond acceptors (Lipinski definition) is 6. The molecule has 6 nitrogen and oxygen atoms in total. The average Bonchev–Trinajstić information content (AvgIpc) is 3.04. The summed E-state index contributed by atoms with van der Waals surface area (Å²) >= 11 is 0. The quantitative estimate of drug-likeness (QED) is 0.136. The third-order valence-corrected chi connectivity index (χ3v) is 8.12. The van der Waals surface area contributed by atoms with Gasteiger partial charge in [-0.25, -0.2) is 0 Å². The number of benzene rings is 7. The van der Waals surface area contributed by atoms with Crippen molar-refractivity contribution < 1.29 is 28.4 Å². The molecule has 8 rings (SSSR count). The summed E-state index contributed by atoms with van der Waals surface area (Å²) in [7, 11) is 0. The van der Waals surface area contributed by atoms with E-state index in [1.807, 2.05) is 0 Å². The summed E-state index contributed by atoms with van der Waals surface area (Å²) in [5, 5.41) is 16.7. The Labute approximate surface area is 300 Å². The molecule has 0 bridgehead atoms. The van der Waals surface area contributed by atoms with Gasteiger partial charge in [0.2, 0.25) is 0 Å². The molecule has 0 aromatic heterocycles. The van der Waals surface area contributed by atoms with Crippen molar-refractivity contribution in [2.45, 2.75) is 0 Å². The molecule has 43 heavy (non-hydrogen) atoms. The van der Waals surface area contributed by atoms with Crippen LogP contribution in [0.5, 0.6) is 0 Å². The van der Waals surface area contributed by atoms with Crippen molar-refractivity contribution in [1.29, 1.82) is 0 Å². The Balaban J connectivity index is 0.000000158. The summed E-state index contributed by atoms with van der Waals surface area (Å²) in [4.78, 5) is 0. The van der Waals surface area contributed by atoms with Crippen LogP contribution in [-0.4, -0.2) is 137 Å². The fourth-order valence-electron chi connectivity index (χ4n) is 6.21. The van der Waals surface area contributed by atoms with Crippen LogP contribution in [0.2, 0.25) is 0 Å². The third kappa shape index (κ3) is 6.70. The molecule has 1 aliphatic rings. The topological polar surface area (TPSA) is 55.4 Å². The van der Waals surface area contributed by atoms with Gasteiger partial charge in [0.05, 0.1) is 79.3 Å². The molecule has 1 saturated heterocycles. The molecule has 0 atom stereocenters. The SMILES string of the molecule is C1COCCOCCOCCOCCOCCO1.[Rb].c1cc2ccc3ccc4ccc5ccc6ccc1c1c2c3c4c5c61. The van der Waals surface area contributed by atoms with Gasteiger partial charge in [-0.2, -0.15) is 0 Å². The van der Waals surface area contributed by atoms with E-state index in [2.05, 4.69) is 72.8 Å². The maximum absolute atomic E-state index is 5.33. The molecule has 0 saturated carbocycles. The molecule has 0 N–H and O–H groups in total. The minimum atomic E-state index is 0. The first-order valence-corrected chi connectivity index (χ1v) is 14.9. The monoisotopic (exact) mass is 649 g/mol. The molecule has 1 heterocycles. The predicted molar refractivity (Wildman–Crippen MR) is 176 cm³/mol. The molecule has 0 aliphatic carbocycles. The van der Waals surface area contributed by atoms with Crippen molar-refractivity contribution in [2.75, 3.05) is 79.3 Å². The summed E-state index contributed by atoms with van der Waals surface area (Å²) in [6.07, 6.45) is 0. The fourth-order valence-corrected chi connectivity index (χ4v) is 6.21. The summed E-state index contributed by atoms with van der Waals surface area (Å²) < 4.78 is 32.0. The molecule has 0 amide bonds. The van der Waals surface area contributed by atoms with Crippen LogP contribution in [-0.2, 0) is 28.4 Å². The van der Waals surface area contributed by atoms with Gasteiger partial charge in [-0.15, -0.1) is 0 Å². The molecule has 7 heteroatoms. The normalized spacial score (nSPS) is 17.3. The van der Waals surface area contributed by atoms with Gasteiger partial charge in [-0.05, 0) is 64.6 Å². The second-order valence-corrected chi connectivity index (χ2v) is 10.7. The van der Waals surface area contributed by atoms with Gasteiger partial charge in [0.1, 0.15) is 0 Å². The third-order valence-electron chi connectivity index (χ3n) is 8.12. The van der Waals surface area contributed by atoms with Gasteiger partial charge in [-0.3, -0.25) is 0 Å². The van der Waals surface area contributed by atoms with Crippen LogP contribution >= 0.6 is 0 Å². The van der Waals surface area contributed by atoms with E-state index < -0.39 is 0 Å². The standard InChI is InChI=1S/C24H12.C12H24O6.Rb/c1-2-14-5-6-16-9-11-18-12-10-17-8-7-15-4-3-13(1)19-20(14)22(16)24(18)23(17)21(15)19;1-2-14-5-6-16-9-10-18-12-11-17-8-7-15-4-3-13-1;/h1-12H;1-12H2;. The first-order chi connectivity index (χ1) is 20.9.